The predicted molar refractivity (Wildman–Crippen MR) is 116 cm³/mol. The summed E-state index contributed by atoms with van der Waals surface area (Å²) >= 11 is 0. The molecule has 0 spiro atoms. The summed E-state index contributed by atoms with van der Waals surface area (Å²) in [6, 6.07) is 13.0. The van der Waals surface area contributed by atoms with Crippen LogP contribution in [0.3, 0.4) is 0 Å². The number of nitrogens with one attached hydrogen (secondary N) is 2. The summed E-state index contributed by atoms with van der Waals surface area (Å²) in [6.45, 7) is 5.82. The summed E-state index contributed by atoms with van der Waals surface area (Å²) < 4.78 is 31.9. The van der Waals surface area contributed by atoms with E-state index < -0.39 is 10.0 Å². The molecule has 0 fully saturated rings. The van der Waals surface area contributed by atoms with Crippen molar-refractivity contribution in [1.82, 2.24) is 10.0 Å². The van der Waals surface area contributed by atoms with Crippen LogP contribution in [0.2, 0.25) is 0 Å². The summed E-state index contributed by atoms with van der Waals surface area (Å²) in [7, 11) is -2.03. The zero-order valence-electron chi connectivity index (χ0n) is 17.2. The number of aryl methyl sites for hydroxylation is 2. The molecule has 29 heavy (non-hydrogen) atoms. The Kier molecular flexibility index (Phi) is 7.99. The Hall–Kier alpha value is -2.64. The quantitative estimate of drug-likeness (QED) is 0.656. The first-order valence-electron chi connectivity index (χ1n) is 9.38. The zero-order valence-corrected chi connectivity index (χ0v) is 18.0. The highest BCUT2D eigenvalue weighted by Gasteiger charge is 2.15. The van der Waals surface area contributed by atoms with Crippen LogP contribution < -0.4 is 14.8 Å². The van der Waals surface area contributed by atoms with Crippen molar-refractivity contribution in [2.75, 3.05) is 13.7 Å². The second-order valence-corrected chi connectivity index (χ2v) is 8.59. The number of benzene rings is 2. The summed E-state index contributed by atoms with van der Waals surface area (Å²) in [6.07, 6.45) is 1.56. The average Bonchev–Trinajstić information content (AvgIpc) is 2.67. The van der Waals surface area contributed by atoms with Gasteiger partial charge in [0, 0.05) is 23.9 Å². The van der Waals surface area contributed by atoms with Gasteiger partial charge in [-0.2, -0.15) is 0 Å². The van der Waals surface area contributed by atoms with E-state index in [0.29, 0.717) is 5.75 Å². The van der Waals surface area contributed by atoms with E-state index in [1.165, 1.54) is 6.08 Å². The number of carbonyl (C=O) groups excluding carboxylic acids is 1. The van der Waals surface area contributed by atoms with Crippen molar-refractivity contribution in [2.24, 2.45) is 0 Å². The second-order valence-electron chi connectivity index (χ2n) is 6.94. The monoisotopic (exact) mass is 416 g/mol. The molecule has 0 aliphatic heterocycles. The fourth-order valence-electron chi connectivity index (χ4n) is 2.78. The molecule has 7 heteroatoms. The van der Waals surface area contributed by atoms with Crippen LogP contribution in [-0.4, -0.2) is 28.0 Å². The molecule has 1 amide bonds. The Morgan fingerprint density at radius 2 is 1.76 bits per heavy atom. The molecule has 0 heterocycles. The number of methoxy groups -OCH3 is 1. The Morgan fingerprint density at radius 3 is 2.41 bits per heavy atom. The SMILES string of the molecule is COc1ccc(C)cc1[C@@H](C)NC(=O)CCNS(=O)(=O)/C=C/c1ccc(C)cc1. The highest BCUT2D eigenvalue weighted by atomic mass is 32.2. The molecule has 0 bridgehead atoms. The molecule has 1 atom stereocenters. The fourth-order valence-corrected chi connectivity index (χ4v) is 3.60. The zero-order chi connectivity index (χ0) is 21.4. The summed E-state index contributed by atoms with van der Waals surface area (Å²) in [5.74, 6) is 0.455. The molecule has 6 nitrogen and oxygen atoms in total. The minimum Gasteiger partial charge on any atom is -0.496 e. The van der Waals surface area contributed by atoms with Crippen molar-refractivity contribution in [1.29, 1.82) is 0 Å². The maximum atomic E-state index is 12.2. The van der Waals surface area contributed by atoms with Crippen molar-refractivity contribution in [3.05, 3.63) is 70.1 Å². The molecular weight excluding hydrogens is 388 g/mol. The molecule has 0 radical (unpaired) electrons. The van der Waals surface area contributed by atoms with Crippen LogP contribution >= 0.6 is 0 Å². The second kappa shape index (κ2) is 10.2. The van der Waals surface area contributed by atoms with Gasteiger partial charge in [0.25, 0.3) is 0 Å². The number of hydrogen-bond donors (Lipinski definition) is 2. The van der Waals surface area contributed by atoms with E-state index in [4.69, 9.17) is 4.74 Å². The molecule has 2 rings (SSSR count). The highest BCUT2D eigenvalue weighted by Crippen LogP contribution is 2.26. The molecule has 0 saturated carbocycles. The van der Waals surface area contributed by atoms with Gasteiger partial charge in [0.2, 0.25) is 15.9 Å². The number of carbonyl (C=O) groups is 1. The standard InChI is InChI=1S/C22H28N2O4S/c1-16-5-8-19(9-6-16)12-14-29(26,27)23-13-11-22(25)24-18(3)20-15-17(2)7-10-21(20)28-4/h5-10,12,14-15,18,23H,11,13H2,1-4H3,(H,24,25)/b14-12+/t18-/m1/s1. The van der Waals surface area contributed by atoms with Gasteiger partial charge in [0.15, 0.2) is 0 Å². The Bertz CT molecular complexity index is 967. The molecule has 0 unspecified atom stereocenters. The van der Waals surface area contributed by atoms with E-state index in [1.54, 1.807) is 7.11 Å². The lowest BCUT2D eigenvalue weighted by Gasteiger charge is -2.18. The predicted octanol–water partition coefficient (Wildman–Crippen LogP) is 3.47. The van der Waals surface area contributed by atoms with Crippen molar-refractivity contribution < 1.29 is 17.9 Å². The maximum Gasteiger partial charge on any atom is 0.233 e. The highest BCUT2D eigenvalue weighted by molar-refractivity contribution is 7.92. The lowest BCUT2D eigenvalue weighted by atomic mass is 10.0. The fraction of sp³-hybridized carbons (Fsp3) is 0.318. The van der Waals surface area contributed by atoms with Crippen LogP contribution in [0.15, 0.2) is 47.9 Å². The minimum atomic E-state index is -3.61. The van der Waals surface area contributed by atoms with Crippen molar-refractivity contribution in [3.8, 4) is 5.75 Å². The van der Waals surface area contributed by atoms with Gasteiger partial charge in [0.1, 0.15) is 5.75 Å². The van der Waals surface area contributed by atoms with E-state index in [0.717, 1.165) is 27.7 Å². The number of amides is 1. The van der Waals surface area contributed by atoms with E-state index in [1.807, 2.05) is 63.2 Å². The Balaban J connectivity index is 1.85. The van der Waals surface area contributed by atoms with Gasteiger partial charge < -0.3 is 10.1 Å². The van der Waals surface area contributed by atoms with Gasteiger partial charge in [0.05, 0.1) is 13.2 Å². The van der Waals surface area contributed by atoms with Crippen molar-refractivity contribution in [3.63, 3.8) is 0 Å². The number of hydrogen-bond acceptors (Lipinski definition) is 4. The first-order valence-corrected chi connectivity index (χ1v) is 10.9. The Morgan fingerprint density at radius 1 is 1.10 bits per heavy atom. The largest absolute Gasteiger partial charge is 0.496 e. The van der Waals surface area contributed by atoms with Gasteiger partial charge in [-0.05, 0) is 38.5 Å². The molecular formula is C22H28N2O4S. The third kappa shape index (κ3) is 7.36. The molecule has 0 aliphatic carbocycles. The van der Waals surface area contributed by atoms with E-state index >= 15 is 0 Å². The third-order valence-corrected chi connectivity index (χ3v) is 5.50. The van der Waals surface area contributed by atoms with Crippen molar-refractivity contribution >= 4 is 22.0 Å². The number of sulfonamides is 1. The van der Waals surface area contributed by atoms with Gasteiger partial charge in [-0.15, -0.1) is 0 Å². The van der Waals surface area contributed by atoms with Crippen LogP contribution in [-0.2, 0) is 14.8 Å². The van der Waals surface area contributed by atoms with E-state index in [2.05, 4.69) is 10.0 Å². The minimum absolute atomic E-state index is 0.0179. The maximum absolute atomic E-state index is 12.2. The smallest absolute Gasteiger partial charge is 0.233 e. The molecule has 2 aromatic carbocycles. The normalized spacial score (nSPS) is 12.7. The average molecular weight is 417 g/mol. The van der Waals surface area contributed by atoms with Crippen molar-refractivity contribution in [2.45, 2.75) is 33.2 Å². The van der Waals surface area contributed by atoms with E-state index in [-0.39, 0.29) is 24.9 Å². The van der Waals surface area contributed by atoms with Crippen LogP contribution in [0.4, 0.5) is 0 Å². The third-order valence-electron chi connectivity index (χ3n) is 4.40. The van der Waals surface area contributed by atoms with Gasteiger partial charge in [-0.1, -0.05) is 47.5 Å². The van der Waals surface area contributed by atoms with Crippen LogP contribution in [0.25, 0.3) is 6.08 Å². The summed E-state index contributed by atoms with van der Waals surface area (Å²) in [5.41, 5.74) is 3.84. The molecule has 0 saturated heterocycles. The molecule has 156 valence electrons. The molecule has 2 aromatic rings. The summed E-state index contributed by atoms with van der Waals surface area (Å²) in [5, 5.41) is 3.98. The first-order chi connectivity index (χ1) is 13.7. The topological polar surface area (TPSA) is 84.5 Å². The lowest BCUT2D eigenvalue weighted by molar-refractivity contribution is -0.121. The number of ether oxygens (including phenoxy) is 1. The molecule has 0 aliphatic rings. The first kappa shape index (κ1) is 22.6. The van der Waals surface area contributed by atoms with Crippen LogP contribution in [0, 0.1) is 13.8 Å². The number of rotatable bonds is 9. The van der Waals surface area contributed by atoms with Gasteiger partial charge in [-0.25, -0.2) is 13.1 Å². The summed E-state index contributed by atoms with van der Waals surface area (Å²) in [4.78, 5) is 12.2. The Labute approximate surface area is 173 Å². The van der Waals surface area contributed by atoms with Crippen LogP contribution in [0.1, 0.15) is 41.6 Å². The molecule has 0 aromatic heterocycles. The van der Waals surface area contributed by atoms with Crippen LogP contribution in [0.5, 0.6) is 5.75 Å². The van der Waals surface area contributed by atoms with Gasteiger partial charge in [-0.3, -0.25) is 4.79 Å². The van der Waals surface area contributed by atoms with Gasteiger partial charge >= 0.3 is 0 Å². The van der Waals surface area contributed by atoms with E-state index in [9.17, 15) is 13.2 Å². The lowest BCUT2D eigenvalue weighted by Crippen LogP contribution is -2.31. The molecule has 2 N–H and O–H groups in total.